The molecular formula is C18H20O6. The lowest BCUT2D eigenvalue weighted by molar-refractivity contribution is 0.0599. The summed E-state index contributed by atoms with van der Waals surface area (Å²) in [5.41, 5.74) is 2.34. The number of esters is 1. The number of phenols is 1. The Morgan fingerprint density at radius 1 is 0.875 bits per heavy atom. The number of aromatic hydroxyl groups is 1. The molecule has 2 aromatic rings. The van der Waals surface area contributed by atoms with Crippen LogP contribution in [0.5, 0.6) is 11.5 Å². The number of ether oxygens (including phenoxy) is 2. The number of aryl methyl sites for hydroxylation is 2. The van der Waals surface area contributed by atoms with Crippen LogP contribution in [0.4, 0.5) is 0 Å². The molecule has 0 atom stereocenters. The van der Waals surface area contributed by atoms with Crippen LogP contribution in [0.1, 0.15) is 31.8 Å². The van der Waals surface area contributed by atoms with Crippen LogP contribution in [-0.2, 0) is 4.74 Å². The van der Waals surface area contributed by atoms with Gasteiger partial charge in [0.25, 0.3) is 0 Å². The highest BCUT2D eigenvalue weighted by Gasteiger charge is 2.07. The van der Waals surface area contributed by atoms with E-state index < -0.39 is 5.97 Å². The zero-order chi connectivity index (χ0) is 18.3. The lowest BCUT2D eigenvalue weighted by atomic mass is 10.1. The van der Waals surface area contributed by atoms with E-state index in [1.165, 1.54) is 25.3 Å². The highest BCUT2D eigenvalue weighted by Crippen LogP contribution is 2.17. The second-order valence-electron chi connectivity index (χ2n) is 5.09. The quantitative estimate of drug-likeness (QED) is 0.839. The first kappa shape index (κ1) is 19.0. The van der Waals surface area contributed by atoms with Crippen molar-refractivity contribution < 1.29 is 29.3 Å². The van der Waals surface area contributed by atoms with E-state index in [2.05, 4.69) is 4.74 Å². The number of rotatable bonds is 3. The SMILES string of the molecule is COC(=O)c1cc(C)cc(OC)c1.Cc1cc(O)cc(C(=O)O)c1. The highest BCUT2D eigenvalue weighted by atomic mass is 16.5. The number of phenolic OH excluding ortho intramolecular Hbond substituents is 1. The molecule has 2 N–H and O–H groups in total. The third-order valence-electron chi connectivity index (χ3n) is 3.02. The van der Waals surface area contributed by atoms with Gasteiger partial charge in [-0.1, -0.05) is 0 Å². The van der Waals surface area contributed by atoms with Crippen molar-refractivity contribution >= 4 is 11.9 Å². The third-order valence-corrected chi connectivity index (χ3v) is 3.02. The van der Waals surface area contributed by atoms with E-state index in [0.29, 0.717) is 11.3 Å². The molecule has 2 aromatic carbocycles. The van der Waals surface area contributed by atoms with Crippen LogP contribution < -0.4 is 4.74 Å². The van der Waals surface area contributed by atoms with Gasteiger partial charge in [0, 0.05) is 0 Å². The summed E-state index contributed by atoms with van der Waals surface area (Å²) in [5, 5.41) is 17.5. The summed E-state index contributed by atoms with van der Waals surface area (Å²) < 4.78 is 9.62. The molecule has 0 aliphatic heterocycles. The number of benzene rings is 2. The molecule has 128 valence electrons. The van der Waals surface area contributed by atoms with Crippen LogP contribution in [0.3, 0.4) is 0 Å². The third kappa shape index (κ3) is 5.64. The van der Waals surface area contributed by atoms with Crippen molar-refractivity contribution in [1.82, 2.24) is 0 Å². The van der Waals surface area contributed by atoms with Gasteiger partial charge in [-0.3, -0.25) is 0 Å². The summed E-state index contributed by atoms with van der Waals surface area (Å²) in [6.07, 6.45) is 0. The standard InChI is InChI=1S/C10H12O3.C8H8O3/c1-7-4-8(10(11)13-3)6-9(5-7)12-2;1-5-2-6(8(10)11)4-7(9)3-5/h4-6H,1-3H3;2-4,9H,1H3,(H,10,11). The van der Waals surface area contributed by atoms with Gasteiger partial charge in [0.1, 0.15) is 11.5 Å². The molecule has 0 unspecified atom stereocenters. The maximum Gasteiger partial charge on any atom is 0.337 e. The fourth-order valence-corrected chi connectivity index (χ4v) is 1.99. The van der Waals surface area contributed by atoms with E-state index >= 15 is 0 Å². The fraction of sp³-hybridized carbons (Fsp3) is 0.222. The van der Waals surface area contributed by atoms with Gasteiger partial charge in [-0.25, -0.2) is 9.59 Å². The van der Waals surface area contributed by atoms with Gasteiger partial charge in [-0.15, -0.1) is 0 Å². The Morgan fingerprint density at radius 2 is 1.46 bits per heavy atom. The fourth-order valence-electron chi connectivity index (χ4n) is 1.99. The summed E-state index contributed by atoms with van der Waals surface area (Å²) in [6, 6.07) is 9.49. The maximum atomic E-state index is 11.2. The minimum absolute atomic E-state index is 0.0117. The monoisotopic (exact) mass is 332 g/mol. The van der Waals surface area contributed by atoms with Gasteiger partial charge in [0.05, 0.1) is 25.3 Å². The zero-order valence-electron chi connectivity index (χ0n) is 14.0. The van der Waals surface area contributed by atoms with Crippen molar-refractivity contribution in [3.05, 3.63) is 58.7 Å². The summed E-state index contributed by atoms with van der Waals surface area (Å²) in [5.74, 6) is -0.714. The summed E-state index contributed by atoms with van der Waals surface area (Å²) in [4.78, 5) is 21.6. The minimum Gasteiger partial charge on any atom is -0.508 e. The minimum atomic E-state index is -1.02. The van der Waals surface area contributed by atoms with Gasteiger partial charge in [0.2, 0.25) is 0 Å². The normalized spacial score (nSPS) is 9.50. The van der Waals surface area contributed by atoms with Crippen molar-refractivity contribution in [3.63, 3.8) is 0 Å². The molecule has 0 saturated heterocycles. The van der Waals surface area contributed by atoms with Gasteiger partial charge >= 0.3 is 11.9 Å². The van der Waals surface area contributed by atoms with Gasteiger partial charge in [-0.2, -0.15) is 0 Å². The molecule has 0 amide bonds. The van der Waals surface area contributed by atoms with E-state index in [1.54, 1.807) is 26.2 Å². The first-order chi connectivity index (χ1) is 11.3. The first-order valence-electron chi connectivity index (χ1n) is 7.04. The molecule has 24 heavy (non-hydrogen) atoms. The number of methoxy groups -OCH3 is 2. The number of hydrogen-bond acceptors (Lipinski definition) is 5. The predicted molar refractivity (Wildman–Crippen MR) is 88.9 cm³/mol. The van der Waals surface area contributed by atoms with Crippen molar-refractivity contribution in [2.24, 2.45) is 0 Å². The number of carbonyl (C=O) groups excluding carboxylic acids is 1. The predicted octanol–water partition coefficient (Wildman–Crippen LogP) is 3.19. The molecule has 0 saturated carbocycles. The molecule has 0 fully saturated rings. The van der Waals surface area contributed by atoms with Crippen LogP contribution in [0.2, 0.25) is 0 Å². The Hall–Kier alpha value is -3.02. The molecule has 0 bridgehead atoms. The first-order valence-corrected chi connectivity index (χ1v) is 7.04. The van der Waals surface area contributed by atoms with Crippen LogP contribution in [0.25, 0.3) is 0 Å². The maximum absolute atomic E-state index is 11.2. The molecular weight excluding hydrogens is 312 g/mol. The van der Waals surface area contributed by atoms with Crippen LogP contribution in [0, 0.1) is 13.8 Å². The average molecular weight is 332 g/mol. The van der Waals surface area contributed by atoms with E-state index in [1.807, 2.05) is 13.0 Å². The van der Waals surface area contributed by atoms with Crippen LogP contribution in [0.15, 0.2) is 36.4 Å². The summed E-state index contributed by atoms with van der Waals surface area (Å²) in [7, 11) is 2.92. The van der Waals surface area contributed by atoms with E-state index in [0.717, 1.165) is 11.1 Å². The van der Waals surface area contributed by atoms with Crippen molar-refractivity contribution in [1.29, 1.82) is 0 Å². The van der Waals surface area contributed by atoms with Crippen molar-refractivity contribution in [3.8, 4) is 11.5 Å². The Morgan fingerprint density at radius 3 is 1.96 bits per heavy atom. The zero-order valence-corrected chi connectivity index (χ0v) is 14.0. The number of aromatic carboxylic acids is 1. The molecule has 0 aliphatic carbocycles. The van der Waals surface area contributed by atoms with E-state index in [-0.39, 0.29) is 17.3 Å². The molecule has 6 heteroatoms. The Labute approximate surface area is 140 Å². The number of carbonyl (C=O) groups is 2. The van der Waals surface area contributed by atoms with E-state index in [4.69, 9.17) is 14.9 Å². The molecule has 2 rings (SSSR count). The average Bonchev–Trinajstić information content (AvgIpc) is 2.53. The highest BCUT2D eigenvalue weighted by molar-refractivity contribution is 5.90. The summed E-state index contributed by atoms with van der Waals surface area (Å²) >= 11 is 0. The second-order valence-corrected chi connectivity index (χ2v) is 5.09. The van der Waals surface area contributed by atoms with Crippen LogP contribution in [-0.4, -0.2) is 36.4 Å². The second kappa shape index (κ2) is 8.57. The van der Waals surface area contributed by atoms with Gasteiger partial charge < -0.3 is 19.7 Å². The van der Waals surface area contributed by atoms with Crippen molar-refractivity contribution in [2.75, 3.05) is 14.2 Å². The molecule has 0 aromatic heterocycles. The van der Waals surface area contributed by atoms with E-state index in [9.17, 15) is 9.59 Å². The Bertz CT molecular complexity index is 716. The molecule has 0 radical (unpaired) electrons. The molecule has 6 nitrogen and oxygen atoms in total. The lowest BCUT2D eigenvalue weighted by Gasteiger charge is -2.04. The number of carboxylic acid groups (broad SMARTS) is 1. The molecule has 0 heterocycles. The Balaban J connectivity index is 0.000000243. The smallest absolute Gasteiger partial charge is 0.337 e. The van der Waals surface area contributed by atoms with Gasteiger partial charge in [0.15, 0.2) is 0 Å². The lowest BCUT2D eigenvalue weighted by Crippen LogP contribution is -2.01. The van der Waals surface area contributed by atoms with Gasteiger partial charge in [-0.05, 0) is 61.4 Å². The topological polar surface area (TPSA) is 93.1 Å². The molecule has 0 aliphatic rings. The number of carboxylic acids is 1. The molecule has 0 spiro atoms. The Kier molecular flexibility index (Phi) is 6.79. The number of hydrogen-bond donors (Lipinski definition) is 2. The van der Waals surface area contributed by atoms with Crippen LogP contribution >= 0.6 is 0 Å². The summed E-state index contributed by atoms with van der Waals surface area (Å²) in [6.45, 7) is 3.63. The van der Waals surface area contributed by atoms with Crippen molar-refractivity contribution in [2.45, 2.75) is 13.8 Å². The largest absolute Gasteiger partial charge is 0.508 e.